The van der Waals surface area contributed by atoms with E-state index in [0.29, 0.717) is 13.0 Å². The molecule has 0 aromatic heterocycles. The van der Waals surface area contributed by atoms with Crippen LogP contribution >= 0.6 is 0 Å². The number of esters is 1. The van der Waals surface area contributed by atoms with Crippen molar-refractivity contribution in [3.63, 3.8) is 0 Å². The first-order valence-corrected chi connectivity index (χ1v) is 9.39. The lowest BCUT2D eigenvalue weighted by Crippen LogP contribution is -2.65. The van der Waals surface area contributed by atoms with Gasteiger partial charge in [0.15, 0.2) is 0 Å². The lowest BCUT2D eigenvalue weighted by Gasteiger charge is -2.52. The van der Waals surface area contributed by atoms with Crippen molar-refractivity contribution >= 4 is 12.1 Å². The minimum absolute atomic E-state index is 0.186. The summed E-state index contributed by atoms with van der Waals surface area (Å²) in [7, 11) is 1.54. The number of hydrogen-bond acceptors (Lipinski definition) is 4. The lowest BCUT2D eigenvalue weighted by molar-refractivity contribution is -0.164. The molecule has 1 aliphatic heterocycles. The van der Waals surface area contributed by atoms with Crippen molar-refractivity contribution in [2.24, 2.45) is 11.3 Å². The summed E-state index contributed by atoms with van der Waals surface area (Å²) in [5.74, 6) is -0.982. The first-order chi connectivity index (χ1) is 12.6. The summed E-state index contributed by atoms with van der Waals surface area (Å²) in [6.07, 6.45) is -0.180. The first kappa shape index (κ1) is 21.2. The Morgan fingerprint density at radius 2 is 1.89 bits per heavy atom. The minimum Gasteiger partial charge on any atom is -0.465 e. The number of benzene rings is 1. The van der Waals surface area contributed by atoms with Crippen molar-refractivity contribution < 1.29 is 24.2 Å². The molecule has 1 N–H and O–H groups in total. The molecule has 0 bridgehead atoms. The zero-order valence-electron chi connectivity index (χ0n) is 16.9. The second-order valence-corrected chi connectivity index (χ2v) is 8.25. The van der Waals surface area contributed by atoms with Crippen LogP contribution in [-0.2, 0) is 20.9 Å². The van der Waals surface area contributed by atoms with E-state index in [1.807, 2.05) is 51.1 Å². The van der Waals surface area contributed by atoms with E-state index < -0.39 is 29.1 Å². The van der Waals surface area contributed by atoms with Gasteiger partial charge in [-0.25, -0.2) is 4.79 Å². The Morgan fingerprint density at radius 3 is 2.41 bits per heavy atom. The van der Waals surface area contributed by atoms with Crippen molar-refractivity contribution in [1.29, 1.82) is 0 Å². The average Bonchev–Trinajstić information content (AvgIpc) is 3.07. The fourth-order valence-corrected chi connectivity index (χ4v) is 4.41. The van der Waals surface area contributed by atoms with Gasteiger partial charge in [0.1, 0.15) is 6.61 Å². The minimum atomic E-state index is -0.977. The van der Waals surface area contributed by atoms with Crippen molar-refractivity contribution in [3.05, 3.63) is 35.9 Å². The van der Waals surface area contributed by atoms with Crippen LogP contribution in [0.3, 0.4) is 0 Å². The monoisotopic (exact) mass is 377 g/mol. The summed E-state index contributed by atoms with van der Waals surface area (Å²) >= 11 is 0. The number of likely N-dealkylation sites (tertiary alicyclic amines) is 1. The highest BCUT2D eigenvalue weighted by molar-refractivity contribution is 5.74. The third-order valence-electron chi connectivity index (χ3n) is 5.73. The molecule has 0 spiro atoms. The quantitative estimate of drug-likeness (QED) is 0.760. The molecule has 1 aromatic rings. The van der Waals surface area contributed by atoms with Crippen molar-refractivity contribution in [3.8, 4) is 0 Å². The molecule has 1 fully saturated rings. The number of rotatable bonds is 6. The van der Waals surface area contributed by atoms with Gasteiger partial charge in [0, 0.05) is 13.7 Å². The van der Waals surface area contributed by atoms with Crippen LogP contribution in [0.2, 0.25) is 0 Å². The first-order valence-electron chi connectivity index (χ1n) is 9.39. The fourth-order valence-electron chi connectivity index (χ4n) is 4.41. The molecular formula is C21H31NO5. The zero-order chi connectivity index (χ0) is 20.2. The van der Waals surface area contributed by atoms with Gasteiger partial charge in [0.05, 0.1) is 17.6 Å². The van der Waals surface area contributed by atoms with Gasteiger partial charge >= 0.3 is 12.1 Å². The van der Waals surface area contributed by atoms with E-state index in [1.165, 1.54) is 12.0 Å². The van der Waals surface area contributed by atoms with Crippen LogP contribution in [0, 0.1) is 11.3 Å². The van der Waals surface area contributed by atoms with Gasteiger partial charge in [-0.3, -0.25) is 9.69 Å². The van der Waals surface area contributed by atoms with Crippen LogP contribution in [-0.4, -0.2) is 47.4 Å². The van der Waals surface area contributed by atoms with Crippen molar-refractivity contribution in [2.45, 2.75) is 58.8 Å². The topological polar surface area (TPSA) is 76.1 Å². The second kappa shape index (κ2) is 8.30. The highest BCUT2D eigenvalue weighted by atomic mass is 16.5. The number of amides is 1. The van der Waals surface area contributed by atoms with Crippen LogP contribution in [0.25, 0.3) is 0 Å². The highest BCUT2D eigenvalue weighted by Crippen LogP contribution is 2.49. The molecular weight excluding hydrogens is 346 g/mol. The number of nitrogens with zero attached hydrogens (tertiary/aromatic N) is 1. The van der Waals surface area contributed by atoms with E-state index in [1.54, 1.807) is 6.92 Å². The van der Waals surface area contributed by atoms with Crippen LogP contribution in [0.5, 0.6) is 0 Å². The van der Waals surface area contributed by atoms with E-state index in [2.05, 4.69) is 0 Å². The summed E-state index contributed by atoms with van der Waals surface area (Å²) in [6.45, 7) is 8.39. The lowest BCUT2D eigenvalue weighted by atomic mass is 9.65. The molecule has 27 heavy (non-hydrogen) atoms. The Kier molecular flexibility index (Phi) is 6.52. The second-order valence-electron chi connectivity index (χ2n) is 8.25. The molecule has 0 unspecified atom stereocenters. The Balaban J connectivity index is 2.25. The van der Waals surface area contributed by atoms with Crippen LogP contribution < -0.4 is 0 Å². The molecule has 1 amide bonds. The molecule has 0 radical (unpaired) electrons. The van der Waals surface area contributed by atoms with Crippen molar-refractivity contribution in [2.75, 3.05) is 13.7 Å². The van der Waals surface area contributed by atoms with Gasteiger partial charge < -0.3 is 14.6 Å². The SMILES string of the molecule is CO[C@H]([C@@H](C)C(=O)OCc1ccccc1)[C@@]1(C(C)(C)C)CCCN1C(=O)O. The van der Waals surface area contributed by atoms with Gasteiger partial charge in [0.2, 0.25) is 0 Å². The third kappa shape index (κ3) is 4.10. The molecule has 150 valence electrons. The number of ether oxygens (including phenoxy) is 2. The summed E-state index contributed by atoms with van der Waals surface area (Å²) in [5, 5.41) is 9.78. The van der Waals surface area contributed by atoms with E-state index in [4.69, 9.17) is 9.47 Å². The Hall–Kier alpha value is -2.08. The molecule has 2 rings (SSSR count). The van der Waals surface area contributed by atoms with E-state index in [0.717, 1.165) is 12.0 Å². The predicted molar refractivity (Wildman–Crippen MR) is 102 cm³/mol. The molecule has 0 saturated carbocycles. The maximum atomic E-state index is 12.8. The van der Waals surface area contributed by atoms with E-state index in [-0.39, 0.29) is 12.6 Å². The molecule has 1 heterocycles. The van der Waals surface area contributed by atoms with Gasteiger partial charge in [0.25, 0.3) is 0 Å². The largest absolute Gasteiger partial charge is 0.465 e. The summed E-state index contributed by atoms with van der Waals surface area (Å²) in [4.78, 5) is 26.2. The van der Waals surface area contributed by atoms with Crippen LogP contribution in [0.1, 0.15) is 46.1 Å². The summed E-state index contributed by atoms with van der Waals surface area (Å²) < 4.78 is 11.3. The normalized spacial score (nSPS) is 22.3. The molecule has 6 nitrogen and oxygen atoms in total. The summed E-state index contributed by atoms with van der Waals surface area (Å²) in [6, 6.07) is 9.48. The number of hydrogen-bond donors (Lipinski definition) is 1. The maximum Gasteiger partial charge on any atom is 0.407 e. The third-order valence-corrected chi connectivity index (χ3v) is 5.73. The molecule has 1 aromatic carbocycles. The average molecular weight is 377 g/mol. The number of carboxylic acid groups (broad SMARTS) is 1. The van der Waals surface area contributed by atoms with Gasteiger partial charge in [-0.1, -0.05) is 51.1 Å². The van der Waals surface area contributed by atoms with Gasteiger partial charge in [-0.05, 0) is 30.7 Å². The standard InChI is InChI=1S/C21H31NO5/c1-15(18(23)27-14-16-10-7-6-8-11-16)17(26-5)21(20(2,3)4)12-9-13-22(21)19(24)25/h6-8,10-11,15,17H,9,12-14H2,1-5H3,(H,24,25)/t15-,17-,21-/m1/s1. The van der Waals surface area contributed by atoms with Gasteiger partial charge in [-0.2, -0.15) is 0 Å². The van der Waals surface area contributed by atoms with Crippen LogP contribution in [0.4, 0.5) is 4.79 Å². The zero-order valence-corrected chi connectivity index (χ0v) is 16.9. The Morgan fingerprint density at radius 1 is 1.26 bits per heavy atom. The highest BCUT2D eigenvalue weighted by Gasteiger charge is 2.59. The number of carbonyl (C=O) groups excluding carboxylic acids is 1. The molecule has 1 saturated heterocycles. The van der Waals surface area contributed by atoms with Gasteiger partial charge in [-0.15, -0.1) is 0 Å². The fraction of sp³-hybridized carbons (Fsp3) is 0.619. The Labute approximate surface area is 161 Å². The van der Waals surface area contributed by atoms with E-state index in [9.17, 15) is 14.7 Å². The molecule has 0 aliphatic carbocycles. The number of carbonyl (C=O) groups is 2. The maximum absolute atomic E-state index is 12.8. The Bertz CT molecular complexity index is 654. The van der Waals surface area contributed by atoms with Crippen molar-refractivity contribution in [1.82, 2.24) is 4.90 Å². The van der Waals surface area contributed by atoms with E-state index >= 15 is 0 Å². The van der Waals surface area contributed by atoms with Crippen LogP contribution in [0.15, 0.2) is 30.3 Å². The summed E-state index contributed by atoms with van der Waals surface area (Å²) in [5.41, 5.74) is -0.291. The molecule has 6 heteroatoms. The number of methoxy groups -OCH3 is 1. The molecule has 3 atom stereocenters. The molecule has 1 aliphatic rings. The predicted octanol–water partition coefficient (Wildman–Crippen LogP) is 3.94. The smallest absolute Gasteiger partial charge is 0.407 e.